The van der Waals surface area contributed by atoms with E-state index < -0.39 is 15.6 Å². The molecule has 0 fully saturated rings. The van der Waals surface area contributed by atoms with Gasteiger partial charge in [0, 0.05) is 105 Å². The van der Waals surface area contributed by atoms with Crippen molar-refractivity contribution in [3.63, 3.8) is 0 Å². The number of rotatable bonds is 15. The molecule has 17 aromatic carbocycles. The molecular weight excluding hydrogens is 1470 g/mol. The first-order valence-corrected chi connectivity index (χ1v) is 36.4. The zero-order valence-electron chi connectivity index (χ0n) is 57.7. The van der Waals surface area contributed by atoms with Gasteiger partial charge in [0.25, 0.3) is 0 Å². The van der Waals surface area contributed by atoms with Gasteiger partial charge in [0.15, 0.2) is 5.75 Å². The molecule has 0 spiro atoms. The van der Waals surface area contributed by atoms with Crippen molar-refractivity contribution in [1.29, 1.82) is 0 Å². The molecule has 0 bridgehead atoms. The Bertz CT molecular complexity index is 6020. The Morgan fingerprint density at radius 1 is 0.294 bits per heavy atom. The summed E-state index contributed by atoms with van der Waals surface area (Å²) < 4.78 is 67.3. The normalized spacial score (nSPS) is 11.0. The second kappa shape index (κ2) is 34.8. The minimum absolute atomic E-state index is 0. The molecule has 1 radical (unpaired) electrons. The monoisotopic (exact) mass is 1540 g/mol. The van der Waals surface area contributed by atoms with Crippen LogP contribution in [0.2, 0.25) is 5.02 Å². The average molecular weight is 1540 g/mol. The number of hydrogen-bond acceptors (Lipinski definition) is 6. The first kappa shape index (κ1) is 76.8. The Labute approximate surface area is 665 Å². The summed E-state index contributed by atoms with van der Waals surface area (Å²) in [5.41, 5.74) is 13.7. The van der Waals surface area contributed by atoms with E-state index in [1.54, 1.807) is 66.7 Å². The number of halogens is 4. The van der Waals surface area contributed by atoms with E-state index >= 15 is 0 Å². The SMILES string of the molecule is C.C.O=S(=O)(Oc1c(-c2ccc(Cl)c3ccccc23)ccc2ccccc12)C(F)(F)F.[Y].c1ccc(-c2ccc(N(c3ccccc3)c3c(-c4ccc(N(c5ccccc5)c5ccc(-c6ccccc6)cc5)c5ccccc45)ccc4ccccc34)cc2)cc1.c1ccc(Nc2ccc(-c3ccccc3)cc2)cc1. The summed E-state index contributed by atoms with van der Waals surface area (Å²) >= 11 is 6.24. The van der Waals surface area contributed by atoms with Gasteiger partial charge in [-0.25, -0.2) is 0 Å². The van der Waals surface area contributed by atoms with Crippen molar-refractivity contribution in [3.05, 3.63) is 405 Å². The van der Waals surface area contributed by atoms with Crippen molar-refractivity contribution < 1.29 is 58.5 Å². The van der Waals surface area contributed by atoms with Crippen LogP contribution in [-0.2, 0) is 42.8 Å². The Hall–Kier alpha value is -11.9. The second-order valence-corrected chi connectivity index (χ2v) is 27.2. The molecule has 533 valence electrons. The molecule has 6 nitrogen and oxygen atoms in total. The molecule has 0 heterocycles. The largest absolute Gasteiger partial charge is 0.534 e. The number of benzene rings is 17. The Balaban J connectivity index is 0.000000180. The van der Waals surface area contributed by atoms with Crippen molar-refractivity contribution in [2.24, 2.45) is 0 Å². The van der Waals surface area contributed by atoms with Crippen LogP contribution in [0.5, 0.6) is 5.75 Å². The Kier molecular flexibility index (Phi) is 24.5. The predicted octanol–water partition coefficient (Wildman–Crippen LogP) is 28.8. The summed E-state index contributed by atoms with van der Waals surface area (Å²) in [6.45, 7) is 0. The van der Waals surface area contributed by atoms with Crippen molar-refractivity contribution >= 4 is 110 Å². The van der Waals surface area contributed by atoms with Gasteiger partial charge in [-0.15, -0.1) is 0 Å². The number of hydrogen-bond donors (Lipinski definition) is 1. The van der Waals surface area contributed by atoms with Gasteiger partial charge in [-0.3, -0.25) is 0 Å². The molecule has 0 aliphatic rings. The van der Waals surface area contributed by atoms with E-state index in [-0.39, 0.29) is 64.3 Å². The molecule has 1 N–H and O–H groups in total. The summed E-state index contributed by atoms with van der Waals surface area (Å²) in [4.78, 5) is 4.81. The van der Waals surface area contributed by atoms with Gasteiger partial charge in [-0.2, -0.15) is 21.6 Å². The maximum atomic E-state index is 13.0. The summed E-state index contributed by atoms with van der Waals surface area (Å²) in [5, 5.41) is 10.7. The van der Waals surface area contributed by atoms with Crippen molar-refractivity contribution in [2.75, 3.05) is 15.1 Å². The molecule has 0 amide bonds. The van der Waals surface area contributed by atoms with Crippen LogP contribution in [0.1, 0.15) is 14.9 Å². The zero-order valence-corrected chi connectivity index (χ0v) is 62.1. The maximum Gasteiger partial charge on any atom is 0.534 e. The van der Waals surface area contributed by atoms with Crippen LogP contribution in [-0.4, -0.2) is 13.9 Å². The number of fused-ring (bicyclic) bond motifs is 4. The fourth-order valence-corrected chi connectivity index (χ4v) is 14.3. The second-order valence-electron chi connectivity index (χ2n) is 25.2. The Morgan fingerprint density at radius 3 is 1.13 bits per heavy atom. The summed E-state index contributed by atoms with van der Waals surface area (Å²) in [5.74, 6) is -0.382. The average Bonchev–Trinajstić information content (AvgIpc) is 0.742. The van der Waals surface area contributed by atoms with Crippen LogP contribution in [0.4, 0.5) is 58.7 Å². The molecule has 0 atom stereocenters. The number of nitrogens with zero attached hydrogens (tertiary/aromatic N) is 2. The van der Waals surface area contributed by atoms with Crippen LogP contribution in [0, 0.1) is 0 Å². The van der Waals surface area contributed by atoms with Crippen LogP contribution >= 0.6 is 11.6 Å². The van der Waals surface area contributed by atoms with E-state index in [4.69, 9.17) is 11.6 Å². The van der Waals surface area contributed by atoms with E-state index in [1.807, 2.05) is 24.3 Å². The minimum atomic E-state index is -5.86. The molecular formula is C97H75ClF3N3O3SY. The fraction of sp³-hybridized carbons (Fsp3) is 0.0309. The van der Waals surface area contributed by atoms with Crippen LogP contribution in [0.25, 0.3) is 98.7 Å². The van der Waals surface area contributed by atoms with Gasteiger partial charge < -0.3 is 19.3 Å². The first-order valence-electron chi connectivity index (χ1n) is 34.6. The van der Waals surface area contributed by atoms with Crippen molar-refractivity contribution in [2.45, 2.75) is 20.4 Å². The quantitative estimate of drug-likeness (QED) is 0.0815. The number of nitrogens with one attached hydrogen (secondary N) is 1. The third-order valence-corrected chi connectivity index (χ3v) is 19.9. The molecule has 109 heavy (non-hydrogen) atoms. The number of alkyl halides is 3. The van der Waals surface area contributed by atoms with E-state index in [2.05, 4.69) is 323 Å². The number of anilines is 8. The van der Waals surface area contributed by atoms with Crippen LogP contribution in [0.15, 0.2) is 400 Å². The van der Waals surface area contributed by atoms with E-state index in [1.165, 1.54) is 66.6 Å². The topological polar surface area (TPSA) is 61.9 Å². The molecule has 0 aromatic heterocycles. The van der Waals surface area contributed by atoms with E-state index in [0.29, 0.717) is 26.7 Å². The van der Waals surface area contributed by atoms with Crippen LogP contribution in [0.3, 0.4) is 0 Å². The molecule has 17 aromatic rings. The van der Waals surface area contributed by atoms with Gasteiger partial charge in [-0.1, -0.05) is 336 Å². The molecule has 0 saturated carbocycles. The van der Waals surface area contributed by atoms with E-state index in [0.717, 1.165) is 51.1 Å². The van der Waals surface area contributed by atoms with E-state index in [9.17, 15) is 21.6 Å². The number of para-hydroxylation sites is 3. The smallest absolute Gasteiger partial charge is 0.375 e. The molecule has 12 heteroatoms. The summed E-state index contributed by atoms with van der Waals surface area (Å²) in [6, 6.07) is 136. The summed E-state index contributed by atoms with van der Waals surface area (Å²) in [7, 11) is -5.86. The van der Waals surface area contributed by atoms with Crippen molar-refractivity contribution in [3.8, 4) is 61.4 Å². The van der Waals surface area contributed by atoms with Crippen LogP contribution < -0.4 is 19.3 Å². The van der Waals surface area contributed by atoms with Gasteiger partial charge in [-0.05, 0) is 157 Å². The Morgan fingerprint density at radius 2 is 0.624 bits per heavy atom. The maximum absolute atomic E-state index is 13.0. The van der Waals surface area contributed by atoms with Gasteiger partial charge in [0.2, 0.25) is 0 Å². The fourth-order valence-electron chi connectivity index (χ4n) is 13.5. The van der Waals surface area contributed by atoms with Gasteiger partial charge >= 0.3 is 15.6 Å². The third-order valence-electron chi connectivity index (χ3n) is 18.6. The zero-order chi connectivity index (χ0) is 72.4. The van der Waals surface area contributed by atoms with Gasteiger partial charge in [0.05, 0.1) is 11.4 Å². The third kappa shape index (κ3) is 16.9. The summed E-state index contributed by atoms with van der Waals surface area (Å²) in [6.07, 6.45) is 0. The molecule has 17 rings (SSSR count). The minimum Gasteiger partial charge on any atom is -0.375 e. The molecule has 0 aliphatic heterocycles. The predicted molar refractivity (Wildman–Crippen MR) is 450 cm³/mol. The molecule has 0 aliphatic carbocycles. The first-order chi connectivity index (χ1) is 51.9. The molecule has 0 unspecified atom stereocenters. The molecule has 0 saturated heterocycles. The van der Waals surface area contributed by atoms with Crippen molar-refractivity contribution in [1.82, 2.24) is 0 Å². The van der Waals surface area contributed by atoms with Gasteiger partial charge in [0.1, 0.15) is 0 Å². The standard InChI is InChI=1S/C56H40N2.C21H12ClF3O3S.C18H15N.2CH4.Y/c1-5-17-41(18-6-1)43-29-34-48(35-30-43)57(46-22-9-3-10-23-46)55-40-39-52(51-27-15-16-28-53(51)55)54-38-33-45-21-13-14-26-50(45)56(54)58(47-24-11-4-12-25-47)49-36-31-44(32-37-49)42-19-7-2-8-20-42;22-19-12-11-16(15-7-3-4-8-17(15)19)18-10-9-13-5-1-2-6-14(13)20(18)28-29(26,27)21(23,24)25;1-3-7-15(8-4-1)16-11-13-18(14-12-16)19-17-9-5-2-6-10-17;;;/h1-40H;1-12H;1-14,19H;2*1H4;.